The molecule has 0 aliphatic rings. The highest BCUT2D eigenvalue weighted by molar-refractivity contribution is 7.93. The van der Waals surface area contributed by atoms with Crippen LogP contribution in [0, 0.1) is 6.92 Å². The fourth-order valence-corrected chi connectivity index (χ4v) is 5.08. The molecule has 0 aliphatic heterocycles. The molecule has 0 saturated heterocycles. The number of hydrogen-bond acceptors (Lipinski definition) is 4. The lowest BCUT2D eigenvalue weighted by atomic mass is 10.1. The van der Waals surface area contributed by atoms with Crippen LogP contribution in [0.15, 0.2) is 71.6 Å². The lowest BCUT2D eigenvalue weighted by Crippen LogP contribution is -2.40. The van der Waals surface area contributed by atoms with E-state index >= 15 is 0 Å². The Morgan fingerprint density at radius 3 is 2.24 bits per heavy atom. The molecule has 174 valence electrons. The predicted molar refractivity (Wildman–Crippen MR) is 133 cm³/mol. The zero-order valence-electron chi connectivity index (χ0n) is 18.4. The molecule has 1 amide bonds. The number of unbranched alkanes of at least 4 members (excludes halogenated alkanes) is 1. The van der Waals surface area contributed by atoms with E-state index in [-0.39, 0.29) is 21.4 Å². The number of anilines is 1. The predicted octanol–water partition coefficient (Wildman–Crippen LogP) is 6.45. The fraction of sp³-hybridized carbons (Fsp3) is 0.240. The zero-order chi connectivity index (χ0) is 24.0. The summed E-state index contributed by atoms with van der Waals surface area (Å²) in [6.45, 7) is 3.44. The Balaban J connectivity index is 1.93. The third-order valence-electron chi connectivity index (χ3n) is 5.02. The molecule has 0 fully saturated rings. The maximum atomic E-state index is 13.5. The Morgan fingerprint density at radius 2 is 1.64 bits per heavy atom. The SMILES string of the molecule is CCCCc1ccc(N(C(=O)COc2ccc(Cl)cc2Cl)S(=O)(=O)c2ccc(C)cc2)cc1. The summed E-state index contributed by atoms with van der Waals surface area (Å²) >= 11 is 12.0. The van der Waals surface area contributed by atoms with Crippen molar-refractivity contribution in [1.82, 2.24) is 0 Å². The molecule has 0 radical (unpaired) electrons. The van der Waals surface area contributed by atoms with Crippen LogP contribution in [0.3, 0.4) is 0 Å². The summed E-state index contributed by atoms with van der Waals surface area (Å²) < 4.78 is 33.3. The molecular formula is C25H25Cl2NO4S. The Hall–Kier alpha value is -2.54. The Morgan fingerprint density at radius 1 is 0.970 bits per heavy atom. The van der Waals surface area contributed by atoms with Crippen LogP contribution in [0.1, 0.15) is 30.9 Å². The lowest BCUT2D eigenvalue weighted by molar-refractivity contribution is -0.119. The maximum Gasteiger partial charge on any atom is 0.278 e. The monoisotopic (exact) mass is 505 g/mol. The summed E-state index contributed by atoms with van der Waals surface area (Å²) in [7, 11) is -4.17. The van der Waals surface area contributed by atoms with Gasteiger partial charge in [0.1, 0.15) is 5.75 Å². The molecule has 33 heavy (non-hydrogen) atoms. The third-order valence-corrected chi connectivity index (χ3v) is 7.31. The highest BCUT2D eigenvalue weighted by Crippen LogP contribution is 2.29. The van der Waals surface area contributed by atoms with Crippen LogP contribution in [0.25, 0.3) is 0 Å². The van der Waals surface area contributed by atoms with Crippen LogP contribution in [0.2, 0.25) is 10.0 Å². The van der Waals surface area contributed by atoms with Gasteiger partial charge in [-0.05, 0) is 67.8 Å². The summed E-state index contributed by atoms with van der Waals surface area (Å²) in [5.41, 5.74) is 2.23. The van der Waals surface area contributed by atoms with E-state index in [0.29, 0.717) is 5.02 Å². The van der Waals surface area contributed by atoms with Crippen LogP contribution < -0.4 is 9.04 Å². The van der Waals surface area contributed by atoms with Crippen LogP contribution in [0.4, 0.5) is 5.69 Å². The molecule has 3 rings (SSSR count). The van der Waals surface area contributed by atoms with E-state index < -0.39 is 22.5 Å². The molecular weight excluding hydrogens is 481 g/mol. The summed E-state index contributed by atoms with van der Waals surface area (Å²) in [6.07, 6.45) is 2.96. The topological polar surface area (TPSA) is 63.7 Å². The first-order valence-electron chi connectivity index (χ1n) is 10.5. The number of nitrogens with zero attached hydrogens (tertiary/aromatic N) is 1. The Kier molecular flexibility index (Phi) is 8.40. The van der Waals surface area contributed by atoms with Gasteiger partial charge in [0.05, 0.1) is 15.6 Å². The Labute approximate surface area is 205 Å². The van der Waals surface area contributed by atoms with E-state index in [1.54, 1.807) is 30.3 Å². The van der Waals surface area contributed by atoms with E-state index in [1.165, 1.54) is 24.3 Å². The number of benzene rings is 3. The molecule has 0 spiro atoms. The molecule has 0 aliphatic carbocycles. The molecule has 0 saturated carbocycles. The van der Waals surface area contributed by atoms with E-state index in [0.717, 1.165) is 34.7 Å². The van der Waals surface area contributed by atoms with Gasteiger partial charge >= 0.3 is 0 Å². The van der Waals surface area contributed by atoms with Crippen LogP contribution >= 0.6 is 23.2 Å². The minimum Gasteiger partial charge on any atom is -0.482 e. The second-order valence-corrected chi connectivity index (χ2v) is 10.2. The summed E-state index contributed by atoms with van der Waals surface area (Å²) in [6, 6.07) is 17.9. The standard InChI is InChI=1S/C25H25Cl2NO4S/c1-3-4-5-19-8-11-21(12-9-19)28(33(30,31)22-13-6-18(2)7-14-22)25(29)17-32-24-15-10-20(26)16-23(24)27/h6-16H,3-5,17H2,1-2H3. The first-order valence-corrected chi connectivity index (χ1v) is 12.7. The van der Waals surface area contributed by atoms with Crippen molar-refractivity contribution in [2.24, 2.45) is 0 Å². The fourth-order valence-electron chi connectivity index (χ4n) is 3.20. The van der Waals surface area contributed by atoms with Gasteiger partial charge in [0.25, 0.3) is 15.9 Å². The number of hydrogen-bond donors (Lipinski definition) is 0. The minimum absolute atomic E-state index is 0.0148. The van der Waals surface area contributed by atoms with Crippen LogP contribution in [-0.2, 0) is 21.2 Å². The van der Waals surface area contributed by atoms with Gasteiger partial charge in [0.15, 0.2) is 6.61 Å². The summed E-state index contributed by atoms with van der Waals surface area (Å²) in [5, 5.41) is 0.647. The number of sulfonamides is 1. The molecule has 5 nitrogen and oxygen atoms in total. The molecule has 0 aromatic heterocycles. The van der Waals surface area contributed by atoms with Crippen molar-refractivity contribution >= 4 is 44.8 Å². The number of halogens is 2. The maximum absolute atomic E-state index is 13.5. The van der Waals surface area contributed by atoms with Gasteiger partial charge in [-0.15, -0.1) is 0 Å². The second kappa shape index (κ2) is 11.1. The van der Waals surface area contributed by atoms with Crippen molar-refractivity contribution in [1.29, 1.82) is 0 Å². The van der Waals surface area contributed by atoms with E-state index in [2.05, 4.69) is 6.92 Å². The molecule has 0 unspecified atom stereocenters. The van der Waals surface area contributed by atoms with Gasteiger partial charge < -0.3 is 4.74 Å². The average molecular weight is 506 g/mol. The number of carbonyl (C=O) groups is 1. The van der Waals surface area contributed by atoms with Crippen LogP contribution in [0.5, 0.6) is 5.75 Å². The molecule has 0 atom stereocenters. The lowest BCUT2D eigenvalue weighted by Gasteiger charge is -2.23. The highest BCUT2D eigenvalue weighted by atomic mass is 35.5. The van der Waals surface area contributed by atoms with Gasteiger partial charge in [-0.25, -0.2) is 8.42 Å². The first-order chi connectivity index (χ1) is 15.7. The van der Waals surface area contributed by atoms with E-state index in [4.69, 9.17) is 27.9 Å². The smallest absolute Gasteiger partial charge is 0.278 e. The molecule has 3 aromatic rings. The van der Waals surface area contributed by atoms with Gasteiger partial charge in [0, 0.05) is 5.02 Å². The number of ether oxygens (including phenoxy) is 1. The highest BCUT2D eigenvalue weighted by Gasteiger charge is 2.31. The van der Waals surface area contributed by atoms with Crippen molar-refractivity contribution in [3.63, 3.8) is 0 Å². The summed E-state index contributed by atoms with van der Waals surface area (Å²) in [5.74, 6) is -0.514. The average Bonchev–Trinajstić information content (AvgIpc) is 2.78. The normalized spacial score (nSPS) is 11.3. The molecule has 0 heterocycles. The summed E-state index contributed by atoms with van der Waals surface area (Å²) in [4.78, 5) is 13.2. The molecule has 8 heteroatoms. The van der Waals surface area contributed by atoms with Crippen molar-refractivity contribution in [2.45, 2.75) is 38.0 Å². The number of aryl methyl sites for hydroxylation is 2. The van der Waals surface area contributed by atoms with Crippen molar-refractivity contribution in [3.8, 4) is 5.75 Å². The van der Waals surface area contributed by atoms with Gasteiger partial charge in [0.2, 0.25) is 0 Å². The van der Waals surface area contributed by atoms with Gasteiger partial charge in [-0.1, -0.05) is 66.4 Å². The Bertz CT molecular complexity index is 1210. The van der Waals surface area contributed by atoms with Crippen molar-refractivity contribution in [3.05, 3.63) is 87.9 Å². The quantitative estimate of drug-likeness (QED) is 0.335. The zero-order valence-corrected chi connectivity index (χ0v) is 20.8. The van der Waals surface area contributed by atoms with E-state index in [1.807, 2.05) is 19.1 Å². The second-order valence-electron chi connectivity index (χ2n) is 7.61. The van der Waals surface area contributed by atoms with Crippen molar-refractivity contribution in [2.75, 3.05) is 10.9 Å². The molecule has 3 aromatic carbocycles. The first kappa shape index (κ1) is 25.1. The number of amides is 1. The third kappa shape index (κ3) is 6.28. The van der Waals surface area contributed by atoms with Crippen molar-refractivity contribution < 1.29 is 17.9 Å². The number of rotatable bonds is 9. The van der Waals surface area contributed by atoms with Gasteiger partial charge in [-0.2, -0.15) is 4.31 Å². The molecule has 0 bridgehead atoms. The molecule has 0 N–H and O–H groups in total. The number of carbonyl (C=O) groups excluding carboxylic acids is 1. The van der Waals surface area contributed by atoms with E-state index in [9.17, 15) is 13.2 Å². The van der Waals surface area contributed by atoms with Gasteiger partial charge in [-0.3, -0.25) is 4.79 Å². The minimum atomic E-state index is -4.17. The van der Waals surface area contributed by atoms with Crippen LogP contribution in [-0.4, -0.2) is 20.9 Å². The largest absolute Gasteiger partial charge is 0.482 e.